The molecule has 0 atom stereocenters. The number of halogens is 1. The third-order valence-electron chi connectivity index (χ3n) is 3.49. The number of nitrogens with zero attached hydrogens (tertiary/aromatic N) is 2. The van der Waals surface area contributed by atoms with Gasteiger partial charge in [0.2, 0.25) is 20.0 Å². The Bertz CT molecular complexity index is 726. The number of benzene rings is 1. The number of rotatable bonds is 5. The van der Waals surface area contributed by atoms with Gasteiger partial charge in [-0.2, -0.15) is 8.61 Å². The monoisotopic (exact) mass is 410 g/mol. The average Bonchev–Trinajstić information content (AvgIpc) is 2.47. The highest BCUT2D eigenvalue weighted by molar-refractivity contribution is 9.10. The molecule has 0 amide bonds. The minimum absolute atomic E-state index is 0.103. The van der Waals surface area contributed by atoms with Gasteiger partial charge in [-0.25, -0.2) is 16.8 Å². The summed E-state index contributed by atoms with van der Waals surface area (Å²) in [6.07, 6.45) is 0.554. The van der Waals surface area contributed by atoms with Crippen molar-refractivity contribution in [1.82, 2.24) is 8.61 Å². The molecule has 1 aliphatic rings. The second kappa shape index (κ2) is 6.96. The molecule has 0 bridgehead atoms. The topological polar surface area (TPSA) is 74.8 Å². The van der Waals surface area contributed by atoms with Gasteiger partial charge < -0.3 is 0 Å². The highest BCUT2D eigenvalue weighted by atomic mass is 79.9. The van der Waals surface area contributed by atoms with E-state index in [1.807, 2.05) is 6.92 Å². The van der Waals surface area contributed by atoms with Gasteiger partial charge in [0.25, 0.3) is 0 Å². The molecule has 2 rings (SSSR count). The first kappa shape index (κ1) is 17.9. The molecule has 22 heavy (non-hydrogen) atoms. The van der Waals surface area contributed by atoms with Crippen LogP contribution in [0.1, 0.15) is 13.3 Å². The lowest BCUT2D eigenvalue weighted by atomic mass is 10.4. The summed E-state index contributed by atoms with van der Waals surface area (Å²) >= 11 is 3.26. The molecule has 1 aromatic carbocycles. The zero-order valence-corrected chi connectivity index (χ0v) is 15.5. The quantitative estimate of drug-likeness (QED) is 0.736. The molecule has 0 aromatic heterocycles. The van der Waals surface area contributed by atoms with Crippen LogP contribution in [0.4, 0.5) is 0 Å². The van der Waals surface area contributed by atoms with Gasteiger partial charge >= 0.3 is 0 Å². The van der Waals surface area contributed by atoms with Crippen molar-refractivity contribution >= 4 is 36.0 Å². The van der Waals surface area contributed by atoms with Crippen LogP contribution in [0.15, 0.2) is 33.6 Å². The molecule has 9 heteroatoms. The summed E-state index contributed by atoms with van der Waals surface area (Å²) in [5.41, 5.74) is 0. The third-order valence-corrected chi connectivity index (χ3v) is 7.95. The molecule has 0 unspecified atom stereocenters. The van der Waals surface area contributed by atoms with Gasteiger partial charge in [-0.15, -0.1) is 0 Å². The molecule has 1 heterocycles. The van der Waals surface area contributed by atoms with Gasteiger partial charge in [0.1, 0.15) is 0 Å². The van der Waals surface area contributed by atoms with Crippen molar-refractivity contribution < 1.29 is 16.8 Å². The van der Waals surface area contributed by atoms with Crippen LogP contribution in [0.5, 0.6) is 0 Å². The molecule has 0 radical (unpaired) electrons. The lowest BCUT2D eigenvalue weighted by molar-refractivity contribution is 0.273. The van der Waals surface area contributed by atoms with Crippen LogP contribution < -0.4 is 0 Å². The molecule has 1 saturated heterocycles. The second-order valence-electron chi connectivity index (χ2n) is 5.08. The Hall–Kier alpha value is -0.480. The maximum Gasteiger partial charge on any atom is 0.243 e. The highest BCUT2D eigenvalue weighted by Crippen LogP contribution is 2.21. The molecule has 1 aliphatic heterocycles. The van der Waals surface area contributed by atoms with E-state index in [0.717, 1.165) is 0 Å². The standard InChI is InChI=1S/C13H19BrN2O4S2/c1-2-10-21(17,18)15-6-8-16(9-7-15)22(19,20)13-5-3-4-12(14)11-13/h3-5,11H,2,6-10H2,1H3. The molecular formula is C13H19BrN2O4S2. The summed E-state index contributed by atoms with van der Waals surface area (Å²) in [6, 6.07) is 6.52. The minimum atomic E-state index is -3.58. The van der Waals surface area contributed by atoms with E-state index in [2.05, 4.69) is 15.9 Å². The first-order valence-corrected chi connectivity index (χ1v) is 10.8. The zero-order valence-electron chi connectivity index (χ0n) is 12.3. The SMILES string of the molecule is CCCS(=O)(=O)N1CCN(S(=O)(=O)c2cccc(Br)c2)CC1. The van der Waals surface area contributed by atoms with Crippen LogP contribution in [0.2, 0.25) is 0 Å². The Balaban J connectivity index is 2.11. The number of piperazine rings is 1. The zero-order chi connectivity index (χ0) is 16.4. The first-order chi connectivity index (χ1) is 10.3. The van der Waals surface area contributed by atoms with Crippen LogP contribution in [0.25, 0.3) is 0 Å². The van der Waals surface area contributed by atoms with Crippen molar-refractivity contribution in [1.29, 1.82) is 0 Å². The van der Waals surface area contributed by atoms with E-state index in [-0.39, 0.29) is 36.8 Å². The first-order valence-electron chi connectivity index (χ1n) is 7.01. The van der Waals surface area contributed by atoms with E-state index < -0.39 is 20.0 Å². The van der Waals surface area contributed by atoms with Gasteiger partial charge in [-0.3, -0.25) is 0 Å². The summed E-state index contributed by atoms with van der Waals surface area (Å²) in [5, 5.41) is 0. The molecule has 1 aromatic rings. The van der Waals surface area contributed by atoms with Crippen molar-refractivity contribution in [2.24, 2.45) is 0 Å². The summed E-state index contributed by atoms with van der Waals surface area (Å²) in [7, 11) is -6.85. The van der Waals surface area contributed by atoms with Gasteiger partial charge in [0.05, 0.1) is 10.6 Å². The summed E-state index contributed by atoms with van der Waals surface area (Å²) in [5.74, 6) is 0.103. The summed E-state index contributed by atoms with van der Waals surface area (Å²) < 4.78 is 52.5. The lowest BCUT2D eigenvalue weighted by Crippen LogP contribution is -2.50. The van der Waals surface area contributed by atoms with Gasteiger partial charge in [-0.05, 0) is 24.6 Å². The predicted molar refractivity (Wildman–Crippen MR) is 88.6 cm³/mol. The third kappa shape index (κ3) is 3.88. The number of hydrogen-bond donors (Lipinski definition) is 0. The van der Waals surface area contributed by atoms with Crippen LogP contribution in [-0.4, -0.2) is 57.4 Å². The molecule has 0 spiro atoms. The minimum Gasteiger partial charge on any atom is -0.212 e. The van der Waals surface area contributed by atoms with Crippen LogP contribution in [-0.2, 0) is 20.0 Å². The lowest BCUT2D eigenvalue weighted by Gasteiger charge is -2.33. The Morgan fingerprint density at radius 2 is 1.64 bits per heavy atom. The van der Waals surface area contributed by atoms with Crippen LogP contribution in [0.3, 0.4) is 0 Å². The van der Waals surface area contributed by atoms with Gasteiger partial charge in [-0.1, -0.05) is 28.9 Å². The van der Waals surface area contributed by atoms with Crippen molar-refractivity contribution in [3.05, 3.63) is 28.7 Å². The Morgan fingerprint density at radius 1 is 1.05 bits per heavy atom. The molecule has 1 fully saturated rings. The maximum absolute atomic E-state index is 12.6. The number of sulfonamides is 2. The fourth-order valence-electron chi connectivity index (χ4n) is 2.35. The van der Waals surface area contributed by atoms with E-state index in [0.29, 0.717) is 10.9 Å². The van der Waals surface area contributed by atoms with Gasteiger partial charge in [0, 0.05) is 30.7 Å². The Morgan fingerprint density at radius 3 is 2.18 bits per heavy atom. The van der Waals surface area contributed by atoms with Crippen LogP contribution >= 0.6 is 15.9 Å². The molecule has 0 aliphatic carbocycles. The van der Waals surface area contributed by atoms with E-state index in [1.165, 1.54) is 8.61 Å². The predicted octanol–water partition coefficient (Wildman–Crippen LogP) is 1.50. The average molecular weight is 411 g/mol. The van der Waals surface area contributed by atoms with E-state index in [9.17, 15) is 16.8 Å². The normalized spacial score (nSPS) is 18.5. The molecular weight excluding hydrogens is 392 g/mol. The fourth-order valence-corrected chi connectivity index (χ4v) is 5.86. The number of hydrogen-bond acceptors (Lipinski definition) is 4. The van der Waals surface area contributed by atoms with Crippen molar-refractivity contribution in [2.45, 2.75) is 18.2 Å². The Labute approximate surface area is 140 Å². The highest BCUT2D eigenvalue weighted by Gasteiger charge is 2.32. The molecule has 124 valence electrons. The summed E-state index contributed by atoms with van der Waals surface area (Å²) in [6.45, 7) is 2.58. The van der Waals surface area contributed by atoms with Gasteiger partial charge in [0.15, 0.2) is 0 Å². The largest absolute Gasteiger partial charge is 0.243 e. The van der Waals surface area contributed by atoms with Crippen molar-refractivity contribution in [3.8, 4) is 0 Å². The van der Waals surface area contributed by atoms with Crippen molar-refractivity contribution in [3.63, 3.8) is 0 Å². The summed E-state index contributed by atoms with van der Waals surface area (Å²) in [4.78, 5) is 0.215. The second-order valence-corrected chi connectivity index (χ2v) is 10.0. The van der Waals surface area contributed by atoms with Crippen LogP contribution in [0, 0.1) is 0 Å². The van der Waals surface area contributed by atoms with E-state index >= 15 is 0 Å². The van der Waals surface area contributed by atoms with E-state index in [4.69, 9.17) is 0 Å². The smallest absolute Gasteiger partial charge is 0.212 e. The molecule has 0 saturated carbocycles. The maximum atomic E-state index is 12.6. The van der Waals surface area contributed by atoms with E-state index in [1.54, 1.807) is 24.3 Å². The molecule has 6 nitrogen and oxygen atoms in total. The van der Waals surface area contributed by atoms with Crippen molar-refractivity contribution in [2.75, 3.05) is 31.9 Å². The fraction of sp³-hybridized carbons (Fsp3) is 0.538. The molecule has 0 N–H and O–H groups in total. The Kier molecular flexibility index (Phi) is 5.65.